The molecule has 2 heterocycles. The maximum atomic E-state index is 14.2. The quantitative estimate of drug-likeness (QED) is 0.494. The molecule has 1 aliphatic rings. The van der Waals surface area contributed by atoms with E-state index in [1.54, 1.807) is 6.92 Å². The number of halogens is 4. The Morgan fingerprint density at radius 3 is 2.70 bits per heavy atom. The largest absolute Gasteiger partial charge is 0.475 e. The van der Waals surface area contributed by atoms with Gasteiger partial charge in [0.25, 0.3) is 11.1 Å². The highest BCUT2D eigenvalue weighted by atomic mass is 32.1. The number of Topliss-reactive ketones (excluding diaryl/α,β-unsaturated/α-hetero) is 1. The van der Waals surface area contributed by atoms with Crippen LogP contribution in [0.3, 0.4) is 0 Å². The van der Waals surface area contributed by atoms with Crippen LogP contribution < -0.4 is 9.47 Å². The molecule has 1 atom stereocenters. The number of aromatic nitrogens is 2. The molecule has 0 aromatic carbocycles. The molecule has 0 amide bonds. The summed E-state index contributed by atoms with van der Waals surface area (Å²) in [6.07, 6.45) is -2.35. The average Bonchev–Trinajstić information content (AvgIpc) is 2.98. The van der Waals surface area contributed by atoms with Crippen LogP contribution in [-0.2, 0) is 9.53 Å². The summed E-state index contributed by atoms with van der Waals surface area (Å²) < 4.78 is 66.7. The zero-order valence-electron chi connectivity index (χ0n) is 16.5. The Morgan fingerprint density at radius 1 is 1.30 bits per heavy atom. The number of pyridine rings is 1. The van der Waals surface area contributed by atoms with E-state index in [-0.39, 0.29) is 51.8 Å². The summed E-state index contributed by atoms with van der Waals surface area (Å²) in [7, 11) is 0. The standard InChI is InChI=1S/C19H22F4N2O4S/c1-10(3-11(2)26)7-27-13-4-12(5-13)8-28-16-14(20)6-15-17(25-16)30-18(24-15)29-9-19(21,22)23/h6,10,12-13H,3-5,7-9H2,1-2H3/t10-,12?,13?/m1/s1. The monoisotopic (exact) mass is 450 g/mol. The molecule has 0 N–H and O–H groups in total. The van der Waals surface area contributed by atoms with Crippen molar-refractivity contribution < 1.29 is 36.6 Å². The Morgan fingerprint density at radius 2 is 2.03 bits per heavy atom. The number of nitrogens with zero attached hydrogens (tertiary/aromatic N) is 2. The number of ketones is 1. The van der Waals surface area contributed by atoms with Crippen LogP contribution in [-0.4, -0.2) is 47.9 Å². The van der Waals surface area contributed by atoms with Gasteiger partial charge < -0.3 is 19.0 Å². The lowest BCUT2D eigenvalue weighted by molar-refractivity contribution is -0.153. The van der Waals surface area contributed by atoms with E-state index in [1.165, 1.54) is 0 Å². The summed E-state index contributed by atoms with van der Waals surface area (Å²) in [5.74, 6) is -0.444. The number of hydrogen-bond donors (Lipinski definition) is 0. The summed E-state index contributed by atoms with van der Waals surface area (Å²) >= 11 is 0.793. The van der Waals surface area contributed by atoms with E-state index >= 15 is 0 Å². The molecule has 0 unspecified atom stereocenters. The van der Waals surface area contributed by atoms with Gasteiger partial charge in [0, 0.05) is 19.1 Å². The van der Waals surface area contributed by atoms with E-state index in [0.29, 0.717) is 13.0 Å². The number of fused-ring (bicyclic) bond motifs is 1. The number of thiazole rings is 1. The number of alkyl halides is 3. The van der Waals surface area contributed by atoms with Crippen molar-refractivity contribution in [2.24, 2.45) is 11.8 Å². The minimum absolute atomic E-state index is 0.100. The maximum absolute atomic E-state index is 14.2. The molecule has 0 aliphatic heterocycles. The second-order valence-corrected chi connectivity index (χ2v) is 8.54. The van der Waals surface area contributed by atoms with Gasteiger partial charge in [0.2, 0.25) is 0 Å². The predicted molar refractivity (Wildman–Crippen MR) is 101 cm³/mol. The molecule has 0 bridgehead atoms. The van der Waals surface area contributed by atoms with Gasteiger partial charge in [-0.15, -0.1) is 0 Å². The van der Waals surface area contributed by atoms with Gasteiger partial charge in [0.05, 0.1) is 12.7 Å². The van der Waals surface area contributed by atoms with Gasteiger partial charge >= 0.3 is 6.18 Å². The molecule has 0 radical (unpaired) electrons. The fourth-order valence-electron chi connectivity index (χ4n) is 3.11. The number of rotatable bonds is 10. The molecule has 6 nitrogen and oxygen atoms in total. The second-order valence-electron chi connectivity index (χ2n) is 7.60. The van der Waals surface area contributed by atoms with Crippen LogP contribution in [0.4, 0.5) is 17.6 Å². The SMILES string of the molecule is CC(=O)C[C@@H](C)COC1CC(COc2nc3sc(OCC(F)(F)F)nc3cc2F)C1. The zero-order valence-corrected chi connectivity index (χ0v) is 17.3. The molecule has 1 aliphatic carbocycles. The first-order valence-corrected chi connectivity index (χ1v) is 10.3. The molecule has 11 heteroatoms. The normalized spacial score (nSPS) is 20.1. The van der Waals surface area contributed by atoms with Gasteiger partial charge in [0.15, 0.2) is 17.3 Å². The van der Waals surface area contributed by atoms with Crippen molar-refractivity contribution in [3.63, 3.8) is 0 Å². The molecule has 1 saturated carbocycles. The van der Waals surface area contributed by atoms with E-state index < -0.39 is 18.6 Å². The van der Waals surface area contributed by atoms with Gasteiger partial charge in [-0.1, -0.05) is 18.3 Å². The zero-order chi connectivity index (χ0) is 21.9. The Bertz CT molecular complexity index is 883. The van der Waals surface area contributed by atoms with Crippen LogP contribution in [0.5, 0.6) is 11.1 Å². The van der Waals surface area contributed by atoms with E-state index in [1.807, 2.05) is 6.92 Å². The summed E-state index contributed by atoms with van der Waals surface area (Å²) in [5.41, 5.74) is 0.110. The fraction of sp³-hybridized carbons (Fsp3) is 0.632. The van der Waals surface area contributed by atoms with E-state index in [4.69, 9.17) is 9.47 Å². The Hall–Kier alpha value is -2.01. The summed E-state index contributed by atoms with van der Waals surface area (Å²) in [5, 5.41) is -0.232. The van der Waals surface area contributed by atoms with E-state index in [0.717, 1.165) is 30.2 Å². The van der Waals surface area contributed by atoms with Crippen molar-refractivity contribution in [1.29, 1.82) is 0 Å². The summed E-state index contributed by atoms with van der Waals surface area (Å²) in [6.45, 7) is 2.82. The fourth-order valence-corrected chi connectivity index (χ4v) is 3.87. The van der Waals surface area contributed by atoms with Crippen molar-refractivity contribution in [3.8, 4) is 11.1 Å². The Labute approximate surface area is 174 Å². The molecule has 3 rings (SSSR count). The third-order valence-electron chi connectivity index (χ3n) is 4.55. The molecule has 30 heavy (non-hydrogen) atoms. The van der Waals surface area contributed by atoms with Gasteiger partial charge in [-0.3, -0.25) is 0 Å². The van der Waals surface area contributed by atoms with E-state index in [2.05, 4.69) is 14.7 Å². The Kier molecular flexibility index (Phi) is 7.12. The lowest BCUT2D eigenvalue weighted by atomic mass is 9.83. The minimum Gasteiger partial charge on any atom is -0.475 e. The maximum Gasteiger partial charge on any atom is 0.422 e. The highest BCUT2D eigenvalue weighted by Gasteiger charge is 2.31. The number of hydrogen-bond acceptors (Lipinski definition) is 7. The van der Waals surface area contributed by atoms with Gasteiger partial charge in [-0.05, 0) is 31.6 Å². The lowest BCUT2D eigenvalue weighted by Crippen LogP contribution is -2.36. The number of carbonyl (C=O) groups is 1. The van der Waals surface area contributed by atoms with Crippen LogP contribution >= 0.6 is 11.3 Å². The number of ether oxygens (including phenoxy) is 3. The van der Waals surface area contributed by atoms with Crippen molar-refractivity contribution in [2.75, 3.05) is 19.8 Å². The lowest BCUT2D eigenvalue weighted by Gasteiger charge is -2.35. The molecule has 0 saturated heterocycles. The van der Waals surface area contributed by atoms with Gasteiger partial charge in [-0.2, -0.15) is 18.2 Å². The molecule has 2 aromatic rings. The van der Waals surface area contributed by atoms with Crippen LogP contribution in [0.15, 0.2) is 6.07 Å². The highest BCUT2D eigenvalue weighted by molar-refractivity contribution is 7.19. The summed E-state index contributed by atoms with van der Waals surface area (Å²) in [4.78, 5) is 19.1. The predicted octanol–water partition coefficient (Wildman–Crippen LogP) is 4.56. The second kappa shape index (κ2) is 9.42. The topological polar surface area (TPSA) is 70.5 Å². The van der Waals surface area contributed by atoms with Crippen molar-refractivity contribution in [1.82, 2.24) is 9.97 Å². The van der Waals surface area contributed by atoms with Crippen LogP contribution in [0, 0.1) is 17.7 Å². The average molecular weight is 450 g/mol. The van der Waals surface area contributed by atoms with Crippen LogP contribution in [0.25, 0.3) is 10.3 Å². The molecule has 0 spiro atoms. The highest BCUT2D eigenvalue weighted by Crippen LogP contribution is 2.33. The molecule has 1 fully saturated rings. The first-order valence-electron chi connectivity index (χ1n) is 9.49. The molecule has 166 valence electrons. The van der Waals surface area contributed by atoms with Crippen molar-refractivity contribution >= 4 is 27.5 Å². The first kappa shape index (κ1) is 22.7. The van der Waals surface area contributed by atoms with Crippen LogP contribution in [0.2, 0.25) is 0 Å². The molecular formula is C19H22F4N2O4S. The minimum atomic E-state index is -4.49. The third-order valence-corrected chi connectivity index (χ3v) is 5.42. The number of carbonyl (C=O) groups excluding carboxylic acids is 1. The van der Waals surface area contributed by atoms with Crippen molar-refractivity contribution in [2.45, 2.75) is 45.4 Å². The third kappa shape index (κ3) is 6.49. The van der Waals surface area contributed by atoms with Crippen LogP contribution in [0.1, 0.15) is 33.1 Å². The van der Waals surface area contributed by atoms with Gasteiger partial charge in [-0.25, -0.2) is 9.37 Å². The molecular weight excluding hydrogens is 428 g/mol. The first-order chi connectivity index (χ1) is 14.1. The Balaban J connectivity index is 1.46. The molecule has 2 aromatic heterocycles. The van der Waals surface area contributed by atoms with Gasteiger partial charge in [0.1, 0.15) is 11.3 Å². The smallest absolute Gasteiger partial charge is 0.422 e. The van der Waals surface area contributed by atoms with Crippen molar-refractivity contribution in [3.05, 3.63) is 11.9 Å². The summed E-state index contributed by atoms with van der Waals surface area (Å²) in [6, 6.07) is 1.07. The van der Waals surface area contributed by atoms with E-state index in [9.17, 15) is 22.4 Å².